The number of aryl methyl sites for hydroxylation is 1. The van der Waals surface area contributed by atoms with Crippen molar-refractivity contribution in [3.63, 3.8) is 0 Å². The Kier molecular flexibility index (Phi) is 4.51. The Balaban J connectivity index is 1.74. The fourth-order valence-electron chi connectivity index (χ4n) is 3.51. The summed E-state index contributed by atoms with van der Waals surface area (Å²) in [6.07, 6.45) is -4.77. The number of hydrogen-bond donors (Lipinski definition) is 2. The van der Waals surface area contributed by atoms with Gasteiger partial charge in [-0.2, -0.15) is 17.7 Å². The first-order valence-corrected chi connectivity index (χ1v) is 9.55. The van der Waals surface area contributed by atoms with Crippen molar-refractivity contribution in [3.8, 4) is 34.2 Å². The van der Waals surface area contributed by atoms with Gasteiger partial charge in [-0.1, -0.05) is 36.4 Å². The minimum Gasteiger partial charge on any atom is -0.414 e. The number of benzene rings is 1. The van der Waals surface area contributed by atoms with Gasteiger partial charge >= 0.3 is 6.18 Å². The van der Waals surface area contributed by atoms with Crippen LogP contribution >= 0.6 is 0 Å². The third-order valence-electron chi connectivity index (χ3n) is 4.94. The second-order valence-corrected chi connectivity index (χ2v) is 7.10. The zero-order chi connectivity index (χ0) is 23.3. The maximum Gasteiger partial charge on any atom is 0.433 e. The number of halogens is 3. The summed E-state index contributed by atoms with van der Waals surface area (Å²) in [5, 5.41) is 9.79. The smallest absolute Gasteiger partial charge is 0.414 e. The van der Waals surface area contributed by atoms with E-state index in [1.807, 2.05) is 0 Å². The highest BCUT2D eigenvalue weighted by atomic mass is 19.4. The molecule has 0 saturated carbocycles. The Labute approximate surface area is 181 Å². The van der Waals surface area contributed by atoms with Crippen LogP contribution in [0.25, 0.3) is 39.8 Å². The lowest BCUT2D eigenvalue weighted by atomic mass is 10.1. The molecule has 33 heavy (non-hydrogen) atoms. The molecule has 2 N–H and O–H groups in total. The summed E-state index contributed by atoms with van der Waals surface area (Å²) in [4.78, 5) is 31.5. The third-order valence-corrected chi connectivity index (χ3v) is 4.94. The number of nitrogens with zero attached hydrogens (tertiary/aromatic N) is 4. The van der Waals surface area contributed by atoms with E-state index >= 15 is 0 Å². The molecule has 0 spiro atoms. The number of hydrogen-bond acceptors (Lipinski definition) is 6. The highest BCUT2D eigenvalue weighted by Gasteiger charge is 2.38. The molecule has 4 aromatic heterocycles. The van der Waals surface area contributed by atoms with E-state index in [1.165, 1.54) is 37.3 Å². The van der Waals surface area contributed by atoms with Gasteiger partial charge in [0.1, 0.15) is 17.0 Å². The number of pyridine rings is 1. The molecule has 0 atom stereocenters. The van der Waals surface area contributed by atoms with Crippen LogP contribution in [0.3, 0.4) is 0 Å². The first-order valence-electron chi connectivity index (χ1n) is 9.55. The number of nitrogens with one attached hydrogen (secondary N) is 2. The zero-order valence-corrected chi connectivity index (χ0v) is 16.8. The van der Waals surface area contributed by atoms with E-state index in [-0.39, 0.29) is 45.5 Å². The van der Waals surface area contributed by atoms with Gasteiger partial charge < -0.3 is 9.40 Å². The maximum atomic E-state index is 13.8. The van der Waals surface area contributed by atoms with Crippen molar-refractivity contribution in [3.05, 3.63) is 80.6 Å². The van der Waals surface area contributed by atoms with Crippen molar-refractivity contribution in [2.24, 2.45) is 0 Å². The molecule has 0 aliphatic carbocycles. The zero-order valence-electron chi connectivity index (χ0n) is 16.8. The van der Waals surface area contributed by atoms with Crippen LogP contribution in [0.1, 0.15) is 11.4 Å². The lowest BCUT2D eigenvalue weighted by Gasteiger charge is -2.07. The molecule has 4 heterocycles. The van der Waals surface area contributed by atoms with Crippen molar-refractivity contribution >= 4 is 5.65 Å². The Morgan fingerprint density at radius 3 is 2.36 bits per heavy atom. The van der Waals surface area contributed by atoms with E-state index in [0.29, 0.717) is 4.52 Å². The van der Waals surface area contributed by atoms with Gasteiger partial charge in [0.25, 0.3) is 17.3 Å². The minimum atomic E-state index is -4.77. The van der Waals surface area contributed by atoms with Crippen LogP contribution in [0.2, 0.25) is 0 Å². The largest absolute Gasteiger partial charge is 0.433 e. The molecule has 12 heteroatoms. The molecule has 9 nitrogen and oxygen atoms in total. The average molecular weight is 454 g/mol. The van der Waals surface area contributed by atoms with Gasteiger partial charge in [-0.25, -0.2) is 4.98 Å². The normalized spacial score (nSPS) is 11.9. The number of aromatic amines is 2. The molecule has 0 fully saturated rings. The molecule has 0 unspecified atom stereocenters. The van der Waals surface area contributed by atoms with Gasteiger partial charge in [-0.3, -0.25) is 14.7 Å². The highest BCUT2D eigenvalue weighted by Crippen LogP contribution is 2.38. The predicted molar refractivity (Wildman–Crippen MR) is 110 cm³/mol. The van der Waals surface area contributed by atoms with Crippen LogP contribution in [-0.4, -0.2) is 29.8 Å². The summed E-state index contributed by atoms with van der Waals surface area (Å²) in [6, 6.07) is 12.1. The molecule has 5 aromatic rings. The molecule has 5 rings (SSSR count). The second-order valence-electron chi connectivity index (χ2n) is 7.10. The van der Waals surface area contributed by atoms with Gasteiger partial charge in [0.05, 0.1) is 11.3 Å². The summed E-state index contributed by atoms with van der Waals surface area (Å²) < 4.78 is 47.7. The van der Waals surface area contributed by atoms with Gasteiger partial charge in [0.2, 0.25) is 5.56 Å². The van der Waals surface area contributed by atoms with Crippen LogP contribution in [0.4, 0.5) is 13.2 Å². The van der Waals surface area contributed by atoms with Gasteiger partial charge in [-0.05, 0) is 18.6 Å². The number of fused-ring (bicyclic) bond motifs is 1. The first kappa shape index (κ1) is 20.4. The number of H-pyrrole nitrogens is 2. The van der Waals surface area contributed by atoms with Crippen LogP contribution in [-0.2, 0) is 6.18 Å². The first-order chi connectivity index (χ1) is 15.7. The Morgan fingerprint density at radius 1 is 0.939 bits per heavy atom. The van der Waals surface area contributed by atoms with E-state index < -0.39 is 23.0 Å². The molecule has 0 saturated heterocycles. The van der Waals surface area contributed by atoms with E-state index in [4.69, 9.17) is 4.42 Å². The Morgan fingerprint density at radius 2 is 1.67 bits per heavy atom. The molecule has 166 valence electrons. The van der Waals surface area contributed by atoms with Gasteiger partial charge in [0.15, 0.2) is 5.65 Å². The highest BCUT2D eigenvalue weighted by molar-refractivity contribution is 5.81. The summed E-state index contributed by atoms with van der Waals surface area (Å²) >= 11 is 0. The van der Waals surface area contributed by atoms with Crippen LogP contribution in [0.5, 0.6) is 0 Å². The number of aromatic nitrogens is 6. The summed E-state index contributed by atoms with van der Waals surface area (Å²) in [7, 11) is 0. The van der Waals surface area contributed by atoms with Crippen molar-refractivity contribution in [2.45, 2.75) is 13.1 Å². The molecule has 0 bridgehead atoms. The van der Waals surface area contributed by atoms with Crippen LogP contribution in [0.15, 0.2) is 62.5 Å². The van der Waals surface area contributed by atoms with E-state index in [9.17, 15) is 22.8 Å². The lowest BCUT2D eigenvalue weighted by Crippen LogP contribution is -2.20. The van der Waals surface area contributed by atoms with E-state index in [0.717, 1.165) is 0 Å². The SMILES string of the molecule is Cc1nc2c(-c3ccccc3)c(C(F)(F)F)[nH]n2c(=O)c1-c1nnc(-c2cccc(=O)[nH]2)o1. The fraction of sp³-hybridized carbons (Fsp3) is 0.0952. The summed E-state index contributed by atoms with van der Waals surface area (Å²) in [6.45, 7) is 1.46. The quantitative estimate of drug-likeness (QED) is 0.431. The third kappa shape index (κ3) is 3.41. The Bertz CT molecular complexity index is 1610. The van der Waals surface area contributed by atoms with Crippen molar-refractivity contribution in [2.75, 3.05) is 0 Å². The summed E-state index contributed by atoms with van der Waals surface area (Å²) in [5.74, 6) is -0.317. The van der Waals surface area contributed by atoms with Crippen LogP contribution < -0.4 is 11.1 Å². The maximum absolute atomic E-state index is 13.8. The molecular formula is C21H13F3N6O3. The predicted octanol–water partition coefficient (Wildman–Crippen LogP) is 3.42. The van der Waals surface area contributed by atoms with Gasteiger partial charge in [0, 0.05) is 6.07 Å². The number of rotatable bonds is 3. The van der Waals surface area contributed by atoms with Crippen LogP contribution in [0, 0.1) is 6.92 Å². The molecule has 0 amide bonds. The molecule has 0 radical (unpaired) electrons. The molecule has 1 aromatic carbocycles. The van der Waals surface area contributed by atoms with E-state index in [2.05, 4.69) is 25.3 Å². The molecule has 0 aliphatic heterocycles. The van der Waals surface area contributed by atoms with Crippen molar-refractivity contribution in [1.29, 1.82) is 0 Å². The Hall–Kier alpha value is -4.48. The molecular weight excluding hydrogens is 441 g/mol. The topological polar surface area (TPSA) is 122 Å². The van der Waals surface area contributed by atoms with Crippen molar-refractivity contribution < 1.29 is 17.6 Å². The van der Waals surface area contributed by atoms with Gasteiger partial charge in [-0.15, -0.1) is 10.2 Å². The molecule has 0 aliphatic rings. The number of alkyl halides is 3. The van der Waals surface area contributed by atoms with Crippen molar-refractivity contribution in [1.82, 2.24) is 29.8 Å². The second kappa shape index (κ2) is 7.29. The lowest BCUT2D eigenvalue weighted by molar-refractivity contribution is -0.140. The standard InChI is InChI=1S/C21H13F3N6O3/c1-10-14(19-28-27-18(33-19)12-8-5-9-13(31)26-12)20(32)30-17(25-10)15(11-6-3-2-4-7-11)16(29-30)21(22,23)24/h2-9,29H,1H3,(H,26,31). The average Bonchev–Trinajstić information content (AvgIpc) is 3.40. The monoisotopic (exact) mass is 454 g/mol. The minimum absolute atomic E-state index is 0.0703. The van der Waals surface area contributed by atoms with E-state index in [1.54, 1.807) is 18.2 Å². The fourth-order valence-corrected chi connectivity index (χ4v) is 3.51. The summed E-state index contributed by atoms with van der Waals surface area (Å²) in [5.41, 5.74) is -2.39.